The van der Waals surface area contributed by atoms with Gasteiger partial charge in [-0.1, -0.05) is 38.4 Å². The van der Waals surface area contributed by atoms with E-state index < -0.39 is 11.6 Å². The molecule has 0 bridgehead atoms. The van der Waals surface area contributed by atoms with Crippen LogP contribution in [0.4, 0.5) is 8.78 Å². The second kappa shape index (κ2) is 11.7. The van der Waals surface area contributed by atoms with E-state index in [4.69, 9.17) is 21.1 Å². The average molecular weight is 481 g/mol. The Labute approximate surface area is 199 Å². The summed E-state index contributed by atoms with van der Waals surface area (Å²) in [5.74, 6) is -0.241. The van der Waals surface area contributed by atoms with Crippen molar-refractivity contribution in [2.75, 3.05) is 26.3 Å². The van der Waals surface area contributed by atoms with Crippen molar-refractivity contribution in [3.63, 3.8) is 0 Å². The van der Waals surface area contributed by atoms with Crippen LogP contribution in [-0.4, -0.2) is 37.1 Å². The van der Waals surface area contributed by atoms with Gasteiger partial charge in [-0.15, -0.1) is 0 Å². The van der Waals surface area contributed by atoms with Gasteiger partial charge in [-0.25, -0.2) is 8.78 Å². The van der Waals surface area contributed by atoms with Crippen LogP contribution in [0, 0.1) is 23.5 Å². The minimum Gasteiger partial charge on any atom is -0.489 e. The van der Waals surface area contributed by atoms with Crippen molar-refractivity contribution in [1.82, 2.24) is 10.2 Å². The number of hydrogen-bond acceptors (Lipinski definition) is 4. The molecular formula is C25H31ClF2N2O3. The molecule has 1 atom stereocenters. The van der Waals surface area contributed by atoms with Crippen molar-refractivity contribution in [2.24, 2.45) is 11.8 Å². The molecule has 1 aliphatic rings. The summed E-state index contributed by atoms with van der Waals surface area (Å²) in [5, 5.41) is 3.47. The molecule has 0 radical (unpaired) electrons. The molecule has 33 heavy (non-hydrogen) atoms. The summed E-state index contributed by atoms with van der Waals surface area (Å²) in [6.45, 7) is 8.24. The number of carbonyl (C=O) groups is 1. The fourth-order valence-electron chi connectivity index (χ4n) is 3.78. The topological polar surface area (TPSA) is 50.8 Å². The van der Waals surface area contributed by atoms with Gasteiger partial charge in [-0.2, -0.15) is 0 Å². The number of rotatable bonds is 9. The molecule has 0 aliphatic carbocycles. The number of amides is 1. The summed E-state index contributed by atoms with van der Waals surface area (Å²) in [6, 6.07) is 7.45. The van der Waals surface area contributed by atoms with Crippen molar-refractivity contribution in [2.45, 2.75) is 40.3 Å². The lowest BCUT2D eigenvalue weighted by atomic mass is 10.1. The van der Waals surface area contributed by atoms with E-state index in [-0.39, 0.29) is 29.9 Å². The van der Waals surface area contributed by atoms with E-state index in [1.807, 2.05) is 19.9 Å². The number of halogens is 3. The maximum atomic E-state index is 13.8. The van der Waals surface area contributed by atoms with Crippen LogP contribution >= 0.6 is 11.6 Å². The predicted molar refractivity (Wildman–Crippen MR) is 125 cm³/mol. The van der Waals surface area contributed by atoms with E-state index in [1.165, 1.54) is 18.2 Å². The number of fused-ring (bicyclic) bond motifs is 1. The van der Waals surface area contributed by atoms with Gasteiger partial charge in [0.1, 0.15) is 11.6 Å². The van der Waals surface area contributed by atoms with Crippen molar-refractivity contribution in [3.05, 3.63) is 58.1 Å². The highest BCUT2D eigenvalue weighted by atomic mass is 35.5. The van der Waals surface area contributed by atoms with E-state index in [0.29, 0.717) is 49.4 Å². The van der Waals surface area contributed by atoms with Crippen molar-refractivity contribution in [3.8, 4) is 11.5 Å². The second-order valence-electron chi connectivity index (χ2n) is 8.80. The molecule has 180 valence electrons. The molecule has 1 heterocycles. The van der Waals surface area contributed by atoms with Crippen LogP contribution in [0.2, 0.25) is 5.02 Å². The Morgan fingerprint density at radius 3 is 2.55 bits per heavy atom. The largest absolute Gasteiger partial charge is 0.489 e. The normalized spacial score (nSPS) is 14.2. The molecule has 1 N–H and O–H groups in total. The molecule has 0 saturated heterocycles. The highest BCUT2D eigenvalue weighted by Crippen LogP contribution is 2.38. The lowest BCUT2D eigenvalue weighted by molar-refractivity contribution is -0.136. The Hall–Kier alpha value is -2.38. The standard InChI is InChI=1S/C25H31ClF2N2O3/c1-16(2)14-30(15-18-10-20(26)24-23(11-18)32-8-5-9-33-24)25(31)17(3)12-29-13-19-21(27)6-4-7-22(19)28/h4,6-7,10-11,16-17,29H,5,8-9,12-15H2,1-3H3/t17-/m1/s1. The van der Waals surface area contributed by atoms with Crippen LogP contribution < -0.4 is 14.8 Å². The molecule has 5 nitrogen and oxygen atoms in total. The summed E-state index contributed by atoms with van der Waals surface area (Å²) in [6.07, 6.45) is 0.777. The van der Waals surface area contributed by atoms with E-state index in [2.05, 4.69) is 5.32 Å². The number of benzene rings is 2. The maximum Gasteiger partial charge on any atom is 0.226 e. The summed E-state index contributed by atoms with van der Waals surface area (Å²) in [5.41, 5.74) is 0.824. The molecule has 0 saturated carbocycles. The molecule has 0 unspecified atom stereocenters. The summed E-state index contributed by atoms with van der Waals surface area (Å²) >= 11 is 6.42. The third-order valence-electron chi connectivity index (χ3n) is 5.37. The Bertz CT molecular complexity index is 951. The molecule has 2 aromatic carbocycles. The molecule has 0 spiro atoms. The third kappa shape index (κ3) is 6.81. The fourth-order valence-corrected chi connectivity index (χ4v) is 4.07. The molecule has 1 amide bonds. The number of hydrogen-bond donors (Lipinski definition) is 1. The fraction of sp³-hybridized carbons (Fsp3) is 0.480. The highest BCUT2D eigenvalue weighted by Gasteiger charge is 2.23. The SMILES string of the molecule is CC(C)CN(Cc1cc(Cl)c2c(c1)OCCCO2)C(=O)[C@H](C)CNCc1c(F)cccc1F. The summed E-state index contributed by atoms with van der Waals surface area (Å²) in [7, 11) is 0. The zero-order chi connectivity index (χ0) is 24.0. The quantitative estimate of drug-likeness (QED) is 0.536. The van der Waals surface area contributed by atoms with Gasteiger partial charge >= 0.3 is 0 Å². The number of nitrogens with one attached hydrogen (secondary N) is 1. The molecule has 0 fully saturated rings. The van der Waals surface area contributed by atoms with Crippen LogP contribution in [0.25, 0.3) is 0 Å². The molecular weight excluding hydrogens is 450 g/mol. The highest BCUT2D eigenvalue weighted by molar-refractivity contribution is 6.32. The number of carbonyl (C=O) groups excluding carboxylic acids is 1. The number of nitrogens with zero attached hydrogens (tertiary/aromatic N) is 1. The van der Waals surface area contributed by atoms with Crippen LogP contribution in [0.5, 0.6) is 11.5 Å². The van der Waals surface area contributed by atoms with Gasteiger partial charge in [0.2, 0.25) is 5.91 Å². The predicted octanol–water partition coefficient (Wildman–Crippen LogP) is 5.19. The molecule has 8 heteroatoms. The monoisotopic (exact) mass is 480 g/mol. The Balaban J connectivity index is 1.67. The van der Waals surface area contributed by atoms with Crippen LogP contribution in [0.1, 0.15) is 38.3 Å². The first kappa shape index (κ1) is 25.2. The van der Waals surface area contributed by atoms with Crippen molar-refractivity contribution < 1.29 is 23.0 Å². The minimum absolute atomic E-state index is 0.0120. The zero-order valence-electron chi connectivity index (χ0n) is 19.3. The van der Waals surface area contributed by atoms with Crippen molar-refractivity contribution >= 4 is 17.5 Å². The van der Waals surface area contributed by atoms with Gasteiger partial charge in [-0.3, -0.25) is 4.79 Å². The first-order valence-electron chi connectivity index (χ1n) is 11.3. The first-order valence-corrected chi connectivity index (χ1v) is 11.6. The molecule has 3 rings (SSSR count). The van der Waals surface area contributed by atoms with Gasteiger partial charge in [-0.05, 0) is 35.7 Å². The average Bonchev–Trinajstić information content (AvgIpc) is 3.00. The lowest BCUT2D eigenvalue weighted by Crippen LogP contribution is -2.40. The van der Waals surface area contributed by atoms with Gasteiger partial charge in [0.05, 0.1) is 18.2 Å². The molecule has 2 aromatic rings. The molecule has 0 aromatic heterocycles. The van der Waals surface area contributed by atoms with E-state index >= 15 is 0 Å². The Morgan fingerprint density at radius 1 is 1.15 bits per heavy atom. The lowest BCUT2D eigenvalue weighted by Gasteiger charge is -2.28. The Morgan fingerprint density at radius 2 is 1.85 bits per heavy atom. The first-order chi connectivity index (χ1) is 15.8. The van der Waals surface area contributed by atoms with Gasteiger partial charge in [0.15, 0.2) is 11.5 Å². The number of ether oxygens (including phenoxy) is 2. The smallest absolute Gasteiger partial charge is 0.226 e. The van der Waals surface area contributed by atoms with Gasteiger partial charge in [0.25, 0.3) is 0 Å². The summed E-state index contributed by atoms with van der Waals surface area (Å²) < 4.78 is 39.1. The maximum absolute atomic E-state index is 13.8. The molecule has 1 aliphatic heterocycles. The minimum atomic E-state index is -0.603. The van der Waals surface area contributed by atoms with Crippen LogP contribution in [0.15, 0.2) is 30.3 Å². The van der Waals surface area contributed by atoms with Crippen LogP contribution in [-0.2, 0) is 17.9 Å². The summed E-state index contributed by atoms with van der Waals surface area (Å²) in [4.78, 5) is 15.0. The van der Waals surface area contributed by atoms with E-state index in [9.17, 15) is 13.6 Å². The van der Waals surface area contributed by atoms with Crippen LogP contribution in [0.3, 0.4) is 0 Å². The van der Waals surface area contributed by atoms with Gasteiger partial charge < -0.3 is 19.7 Å². The van der Waals surface area contributed by atoms with E-state index in [1.54, 1.807) is 17.9 Å². The van der Waals surface area contributed by atoms with E-state index in [0.717, 1.165) is 12.0 Å². The second-order valence-corrected chi connectivity index (χ2v) is 9.21. The third-order valence-corrected chi connectivity index (χ3v) is 5.65. The zero-order valence-corrected chi connectivity index (χ0v) is 20.1. The Kier molecular flexibility index (Phi) is 8.92. The van der Waals surface area contributed by atoms with Crippen molar-refractivity contribution in [1.29, 1.82) is 0 Å². The van der Waals surface area contributed by atoms with Gasteiger partial charge in [0, 0.05) is 44.1 Å².